The summed E-state index contributed by atoms with van der Waals surface area (Å²) in [7, 11) is 0. The van der Waals surface area contributed by atoms with Crippen LogP contribution in [0.15, 0.2) is 24.4 Å². The lowest BCUT2D eigenvalue weighted by molar-refractivity contribution is -0.171. The Bertz CT molecular complexity index is 1010. The van der Waals surface area contributed by atoms with Crippen LogP contribution >= 0.6 is 11.6 Å². The van der Waals surface area contributed by atoms with E-state index in [4.69, 9.17) is 16.3 Å². The largest absolute Gasteiger partial charge is 0.390 e. The number of hydrogen-bond acceptors (Lipinski definition) is 3. The maximum Gasteiger partial charge on any atom is 0.253 e. The third kappa shape index (κ3) is 2.78. The molecule has 2 heterocycles. The Morgan fingerprint density at radius 3 is 2.63 bits per heavy atom. The van der Waals surface area contributed by atoms with Crippen LogP contribution in [0.5, 0.6) is 0 Å². The minimum Gasteiger partial charge on any atom is -0.390 e. The number of nitrogens with one attached hydrogen (secondary N) is 1. The van der Waals surface area contributed by atoms with Crippen LogP contribution in [0.3, 0.4) is 0 Å². The Labute approximate surface area is 181 Å². The highest BCUT2D eigenvalue weighted by Gasteiger charge is 2.59. The summed E-state index contributed by atoms with van der Waals surface area (Å²) in [6, 6.07) is 6.08. The molecule has 160 valence electrons. The van der Waals surface area contributed by atoms with Crippen molar-refractivity contribution in [2.75, 3.05) is 13.2 Å². The van der Waals surface area contributed by atoms with Crippen molar-refractivity contribution in [3.8, 4) is 0 Å². The first-order valence-corrected chi connectivity index (χ1v) is 11.6. The van der Waals surface area contributed by atoms with Gasteiger partial charge in [-0.25, -0.2) is 0 Å². The first-order valence-electron chi connectivity index (χ1n) is 11.3. The molecule has 7 rings (SSSR count). The van der Waals surface area contributed by atoms with Gasteiger partial charge in [-0.15, -0.1) is 0 Å². The zero-order valence-corrected chi connectivity index (χ0v) is 18.1. The molecule has 4 aliphatic carbocycles. The number of nitrogens with zero attached hydrogens (tertiary/aromatic N) is 1. The van der Waals surface area contributed by atoms with E-state index in [1.165, 1.54) is 6.42 Å². The smallest absolute Gasteiger partial charge is 0.253 e. The number of aromatic nitrogens is 1. The van der Waals surface area contributed by atoms with Gasteiger partial charge in [0.25, 0.3) is 5.91 Å². The summed E-state index contributed by atoms with van der Waals surface area (Å²) in [5.74, 6) is 1.14. The molecule has 2 N–H and O–H groups in total. The van der Waals surface area contributed by atoms with E-state index in [1.54, 1.807) is 0 Å². The molecule has 6 heteroatoms. The average molecular weight is 429 g/mol. The summed E-state index contributed by atoms with van der Waals surface area (Å²) in [6.07, 6.45) is 8.13. The summed E-state index contributed by atoms with van der Waals surface area (Å²) < 4.78 is 7.51. The lowest BCUT2D eigenvalue weighted by Crippen LogP contribution is -2.61. The standard InChI is InChI=1S/C24H29ClN2O3/c1-14(23-6-15-5-16(7-23)9-24(29,8-15)13-23)26-22(28)18-10-27(17-11-30-12-17)20-4-2-3-19(25)21(18)20/h2-4,10,14-17,29H,5-9,11-13H2,1H3,(H,26,28)/t14-,15-,16+,23?,24?/m1/s1. The molecule has 0 spiro atoms. The summed E-state index contributed by atoms with van der Waals surface area (Å²) >= 11 is 6.54. The second-order valence-corrected chi connectivity index (χ2v) is 10.9. The minimum absolute atomic E-state index is 0.0124. The number of ether oxygens (including phenoxy) is 1. The van der Waals surface area contributed by atoms with Gasteiger partial charge in [0, 0.05) is 17.6 Å². The number of carbonyl (C=O) groups excluding carboxylic acids is 1. The molecule has 4 saturated carbocycles. The molecule has 5 nitrogen and oxygen atoms in total. The lowest BCUT2D eigenvalue weighted by atomic mass is 9.46. The first-order chi connectivity index (χ1) is 14.4. The highest BCUT2D eigenvalue weighted by molar-refractivity contribution is 6.36. The van der Waals surface area contributed by atoms with E-state index >= 15 is 0 Å². The molecule has 5 fully saturated rings. The van der Waals surface area contributed by atoms with Gasteiger partial charge in [-0.05, 0) is 74.8 Å². The normalized spacial score (nSPS) is 36.1. The van der Waals surface area contributed by atoms with E-state index < -0.39 is 5.60 Å². The molecule has 1 aromatic carbocycles. The Kier molecular flexibility index (Phi) is 4.13. The van der Waals surface area contributed by atoms with Crippen molar-refractivity contribution in [3.05, 3.63) is 35.0 Å². The molecule has 0 radical (unpaired) electrons. The van der Waals surface area contributed by atoms with Gasteiger partial charge in [0.15, 0.2) is 0 Å². The molecule has 5 atom stereocenters. The molecular formula is C24H29ClN2O3. The number of amides is 1. The van der Waals surface area contributed by atoms with Crippen LogP contribution in [0.1, 0.15) is 61.8 Å². The highest BCUT2D eigenvalue weighted by Crippen LogP contribution is 2.62. The number of rotatable bonds is 4. The maximum absolute atomic E-state index is 13.5. The number of halogens is 1. The van der Waals surface area contributed by atoms with E-state index in [1.807, 2.05) is 24.4 Å². The second-order valence-electron chi connectivity index (χ2n) is 10.5. The van der Waals surface area contributed by atoms with Crippen LogP contribution in [0.2, 0.25) is 5.02 Å². The van der Waals surface area contributed by atoms with Gasteiger partial charge in [-0.3, -0.25) is 4.79 Å². The second kappa shape index (κ2) is 6.47. The molecule has 30 heavy (non-hydrogen) atoms. The average Bonchev–Trinajstić information content (AvgIpc) is 2.99. The molecule has 1 aliphatic heterocycles. The Morgan fingerprint density at radius 1 is 1.27 bits per heavy atom. The van der Waals surface area contributed by atoms with Crippen molar-refractivity contribution in [3.63, 3.8) is 0 Å². The third-order valence-electron chi connectivity index (χ3n) is 8.41. The monoisotopic (exact) mass is 428 g/mol. The van der Waals surface area contributed by atoms with Crippen molar-refractivity contribution in [2.24, 2.45) is 17.3 Å². The van der Waals surface area contributed by atoms with Gasteiger partial charge in [-0.2, -0.15) is 0 Å². The van der Waals surface area contributed by atoms with Crippen LogP contribution in [0.25, 0.3) is 10.9 Å². The van der Waals surface area contributed by atoms with E-state index in [-0.39, 0.29) is 23.4 Å². The third-order valence-corrected chi connectivity index (χ3v) is 8.72. The van der Waals surface area contributed by atoms with E-state index in [2.05, 4.69) is 16.8 Å². The van der Waals surface area contributed by atoms with Crippen molar-refractivity contribution in [1.29, 1.82) is 0 Å². The van der Waals surface area contributed by atoms with Gasteiger partial charge in [-0.1, -0.05) is 17.7 Å². The van der Waals surface area contributed by atoms with Gasteiger partial charge < -0.3 is 19.7 Å². The van der Waals surface area contributed by atoms with E-state index in [0.717, 1.165) is 43.0 Å². The fourth-order valence-corrected chi connectivity index (χ4v) is 7.62. The summed E-state index contributed by atoms with van der Waals surface area (Å²) in [4.78, 5) is 13.5. The molecule has 1 aromatic heterocycles. The SMILES string of the molecule is C[C@@H](NC(=O)c1cn(C2COC2)c2cccc(Cl)c12)C12C[C@@H]3C[C@@H](CC(O)(C3)C1)C2. The number of carbonyl (C=O) groups is 1. The van der Waals surface area contributed by atoms with Crippen molar-refractivity contribution >= 4 is 28.4 Å². The zero-order chi connectivity index (χ0) is 20.7. The van der Waals surface area contributed by atoms with Crippen LogP contribution in [-0.2, 0) is 4.74 Å². The Balaban J connectivity index is 1.31. The number of fused-ring (bicyclic) bond motifs is 1. The van der Waals surface area contributed by atoms with Crippen LogP contribution in [0, 0.1) is 17.3 Å². The Morgan fingerprint density at radius 2 is 2.00 bits per heavy atom. The summed E-state index contributed by atoms with van der Waals surface area (Å²) in [5, 5.41) is 15.8. The minimum atomic E-state index is -0.521. The van der Waals surface area contributed by atoms with E-state index in [0.29, 0.717) is 35.6 Å². The quantitative estimate of drug-likeness (QED) is 0.762. The summed E-state index contributed by atoms with van der Waals surface area (Å²) in [5.41, 5.74) is 1.11. The van der Waals surface area contributed by atoms with Gasteiger partial charge in [0.05, 0.1) is 41.0 Å². The number of aliphatic hydroxyl groups is 1. The first kappa shape index (κ1) is 19.1. The van der Waals surface area contributed by atoms with E-state index in [9.17, 15) is 9.90 Å². The molecule has 2 unspecified atom stereocenters. The lowest BCUT2D eigenvalue weighted by Gasteiger charge is -2.62. The fourth-order valence-electron chi connectivity index (χ4n) is 7.34. The summed E-state index contributed by atoms with van der Waals surface area (Å²) in [6.45, 7) is 3.46. The molecular weight excluding hydrogens is 400 g/mol. The molecule has 2 aromatic rings. The maximum atomic E-state index is 13.5. The number of hydrogen-bond donors (Lipinski definition) is 2. The topological polar surface area (TPSA) is 63.5 Å². The predicted octanol–water partition coefficient (Wildman–Crippen LogP) is 4.32. The van der Waals surface area contributed by atoms with Gasteiger partial charge in [0.1, 0.15) is 0 Å². The molecule has 5 aliphatic rings. The van der Waals surface area contributed by atoms with Crippen LogP contribution in [0.4, 0.5) is 0 Å². The Hall–Kier alpha value is -1.56. The number of benzene rings is 1. The van der Waals surface area contributed by atoms with Crippen LogP contribution < -0.4 is 5.32 Å². The molecule has 1 saturated heterocycles. The predicted molar refractivity (Wildman–Crippen MR) is 116 cm³/mol. The van der Waals surface area contributed by atoms with Crippen molar-refractivity contribution in [1.82, 2.24) is 9.88 Å². The van der Waals surface area contributed by atoms with Crippen molar-refractivity contribution in [2.45, 2.75) is 63.1 Å². The van der Waals surface area contributed by atoms with Crippen LogP contribution in [-0.4, -0.2) is 40.4 Å². The zero-order valence-electron chi connectivity index (χ0n) is 17.4. The highest BCUT2D eigenvalue weighted by atomic mass is 35.5. The fraction of sp³-hybridized carbons (Fsp3) is 0.625. The molecule has 4 bridgehead atoms. The van der Waals surface area contributed by atoms with Gasteiger partial charge >= 0.3 is 0 Å². The molecule has 1 amide bonds. The van der Waals surface area contributed by atoms with Crippen molar-refractivity contribution < 1.29 is 14.6 Å². The van der Waals surface area contributed by atoms with Gasteiger partial charge in [0.2, 0.25) is 0 Å².